The van der Waals surface area contributed by atoms with Gasteiger partial charge in [-0.15, -0.1) is 0 Å². The fraction of sp³-hybridized carbons (Fsp3) is 0.818. The molecule has 1 atom stereocenters. The summed E-state index contributed by atoms with van der Waals surface area (Å²) in [5.41, 5.74) is 6.00. The number of thioether (sulfide) groups is 1. The molecule has 96 valence electrons. The zero-order valence-corrected chi connectivity index (χ0v) is 11.1. The van der Waals surface area contributed by atoms with Gasteiger partial charge in [0.2, 0.25) is 5.89 Å². The van der Waals surface area contributed by atoms with Gasteiger partial charge in [-0.25, -0.2) is 0 Å². The molecule has 6 heteroatoms. The number of hydrogen-bond acceptors (Lipinski definition) is 6. The minimum atomic E-state index is -0.131. The molecule has 1 fully saturated rings. The highest BCUT2D eigenvalue weighted by Crippen LogP contribution is 2.20. The van der Waals surface area contributed by atoms with Crippen LogP contribution in [0.3, 0.4) is 0 Å². The number of hydrogen-bond donors (Lipinski definition) is 1. The van der Waals surface area contributed by atoms with Crippen molar-refractivity contribution in [3.8, 4) is 0 Å². The van der Waals surface area contributed by atoms with Crippen LogP contribution in [0.5, 0.6) is 0 Å². The molecule has 1 aliphatic rings. The van der Waals surface area contributed by atoms with E-state index in [4.69, 9.17) is 10.3 Å². The van der Waals surface area contributed by atoms with Gasteiger partial charge < -0.3 is 15.2 Å². The molecule has 2 N–H and O–H groups in total. The van der Waals surface area contributed by atoms with E-state index in [1.807, 2.05) is 0 Å². The van der Waals surface area contributed by atoms with Gasteiger partial charge in [-0.1, -0.05) is 0 Å². The quantitative estimate of drug-likeness (QED) is 0.866. The van der Waals surface area contributed by atoms with Crippen molar-refractivity contribution in [1.82, 2.24) is 10.1 Å². The van der Waals surface area contributed by atoms with Crippen LogP contribution in [0.25, 0.3) is 0 Å². The normalized spacial score (nSPS) is 18.4. The smallest absolute Gasteiger partial charge is 0.266 e. The summed E-state index contributed by atoms with van der Waals surface area (Å²) < 4.78 is 5.24. The Bertz CT molecular complexity index is 338. The molecular formula is C11H20N4OS. The lowest BCUT2D eigenvalue weighted by atomic mass is 10.1. The van der Waals surface area contributed by atoms with Crippen LogP contribution in [-0.2, 0) is 0 Å². The summed E-state index contributed by atoms with van der Waals surface area (Å²) >= 11 is 1.78. The van der Waals surface area contributed by atoms with Crippen LogP contribution < -0.4 is 10.6 Å². The van der Waals surface area contributed by atoms with Crippen molar-refractivity contribution in [2.45, 2.75) is 31.7 Å². The number of aromatic nitrogens is 2. The average molecular weight is 256 g/mol. The minimum Gasteiger partial charge on any atom is -0.338 e. The molecule has 1 saturated heterocycles. The number of nitrogens with zero attached hydrogens (tertiary/aromatic N) is 3. The lowest BCUT2D eigenvalue weighted by molar-refractivity contribution is 0.351. The summed E-state index contributed by atoms with van der Waals surface area (Å²) in [6, 6.07) is -0.131. The highest BCUT2D eigenvalue weighted by atomic mass is 32.2. The van der Waals surface area contributed by atoms with E-state index in [-0.39, 0.29) is 6.04 Å². The van der Waals surface area contributed by atoms with Gasteiger partial charge >= 0.3 is 0 Å². The topological polar surface area (TPSA) is 68.2 Å². The predicted octanol–water partition coefficient (Wildman–Crippen LogP) is 1.81. The van der Waals surface area contributed by atoms with E-state index in [0.717, 1.165) is 25.3 Å². The summed E-state index contributed by atoms with van der Waals surface area (Å²) in [6.07, 6.45) is 6.67. The van der Waals surface area contributed by atoms with E-state index in [1.54, 1.807) is 11.8 Å². The van der Waals surface area contributed by atoms with Crippen LogP contribution in [0.4, 0.5) is 5.95 Å². The molecule has 5 nitrogen and oxygen atoms in total. The first kappa shape index (κ1) is 12.7. The first-order valence-corrected chi connectivity index (χ1v) is 7.53. The Kier molecular flexibility index (Phi) is 4.67. The highest BCUT2D eigenvalue weighted by Gasteiger charge is 2.19. The minimum absolute atomic E-state index is 0.131. The Morgan fingerprint density at radius 2 is 2.18 bits per heavy atom. The van der Waals surface area contributed by atoms with Crippen molar-refractivity contribution in [1.29, 1.82) is 0 Å². The number of piperidine rings is 1. The number of anilines is 1. The Labute approximate surface area is 106 Å². The van der Waals surface area contributed by atoms with E-state index in [0.29, 0.717) is 11.8 Å². The molecule has 1 aliphatic heterocycles. The molecular weight excluding hydrogens is 236 g/mol. The molecule has 2 rings (SSSR count). The second kappa shape index (κ2) is 6.26. The summed E-state index contributed by atoms with van der Waals surface area (Å²) in [5, 5.41) is 4.02. The molecule has 2 heterocycles. The second-order valence-electron chi connectivity index (χ2n) is 4.37. The fourth-order valence-corrected chi connectivity index (χ4v) is 2.46. The maximum absolute atomic E-state index is 6.00. The standard InChI is InChI=1S/C11H20N4OS/c1-17-8-5-9(12)10-13-11(14-16-10)15-6-3-2-4-7-15/h9H,2-8,12H2,1H3/t9-/m1/s1. The molecule has 1 aromatic heterocycles. The molecule has 0 aliphatic carbocycles. The average Bonchev–Trinajstić information content (AvgIpc) is 2.86. The van der Waals surface area contributed by atoms with Gasteiger partial charge in [0.15, 0.2) is 0 Å². The lowest BCUT2D eigenvalue weighted by Crippen LogP contribution is -2.30. The number of rotatable bonds is 5. The lowest BCUT2D eigenvalue weighted by Gasteiger charge is -2.24. The van der Waals surface area contributed by atoms with Gasteiger partial charge in [0.25, 0.3) is 5.95 Å². The van der Waals surface area contributed by atoms with E-state index >= 15 is 0 Å². The van der Waals surface area contributed by atoms with Crippen molar-refractivity contribution in [3.05, 3.63) is 5.89 Å². The first-order valence-electron chi connectivity index (χ1n) is 6.14. The third-order valence-electron chi connectivity index (χ3n) is 3.02. The maximum Gasteiger partial charge on any atom is 0.266 e. The van der Waals surface area contributed by atoms with E-state index < -0.39 is 0 Å². The molecule has 17 heavy (non-hydrogen) atoms. The zero-order valence-electron chi connectivity index (χ0n) is 10.3. The van der Waals surface area contributed by atoms with Crippen molar-refractivity contribution in [2.24, 2.45) is 5.73 Å². The van der Waals surface area contributed by atoms with Crippen LogP contribution in [0.15, 0.2) is 4.52 Å². The Morgan fingerprint density at radius 1 is 1.41 bits per heavy atom. The third-order valence-corrected chi connectivity index (χ3v) is 3.66. The maximum atomic E-state index is 6.00. The van der Waals surface area contributed by atoms with Crippen molar-refractivity contribution >= 4 is 17.7 Å². The van der Waals surface area contributed by atoms with Crippen LogP contribution in [0, 0.1) is 0 Å². The van der Waals surface area contributed by atoms with Crippen LogP contribution in [-0.4, -0.2) is 35.2 Å². The fourth-order valence-electron chi connectivity index (χ4n) is 1.97. The van der Waals surface area contributed by atoms with Gasteiger partial charge in [-0.3, -0.25) is 0 Å². The van der Waals surface area contributed by atoms with E-state index in [2.05, 4.69) is 21.3 Å². The molecule has 1 aromatic rings. The molecule has 0 unspecified atom stereocenters. The van der Waals surface area contributed by atoms with E-state index in [9.17, 15) is 0 Å². The Balaban J connectivity index is 1.94. The zero-order chi connectivity index (χ0) is 12.1. The van der Waals surface area contributed by atoms with Gasteiger partial charge in [0, 0.05) is 13.1 Å². The van der Waals surface area contributed by atoms with Crippen LogP contribution >= 0.6 is 11.8 Å². The van der Waals surface area contributed by atoms with Crippen molar-refractivity contribution < 1.29 is 4.52 Å². The SMILES string of the molecule is CSCC[C@@H](N)c1nc(N2CCCCC2)no1. The van der Waals surface area contributed by atoms with Crippen LogP contribution in [0.1, 0.15) is 37.6 Å². The Hall–Kier alpha value is -0.750. The summed E-state index contributed by atoms with van der Waals surface area (Å²) in [4.78, 5) is 6.58. The van der Waals surface area contributed by atoms with Crippen molar-refractivity contribution in [3.63, 3.8) is 0 Å². The van der Waals surface area contributed by atoms with Gasteiger partial charge in [-0.2, -0.15) is 16.7 Å². The van der Waals surface area contributed by atoms with Gasteiger partial charge in [0.1, 0.15) is 0 Å². The first-order chi connectivity index (χ1) is 8.31. The molecule has 0 spiro atoms. The number of nitrogens with two attached hydrogens (primary N) is 1. The summed E-state index contributed by atoms with van der Waals surface area (Å²) in [6.45, 7) is 2.05. The van der Waals surface area contributed by atoms with E-state index in [1.165, 1.54) is 19.3 Å². The van der Waals surface area contributed by atoms with Crippen LogP contribution in [0.2, 0.25) is 0 Å². The Morgan fingerprint density at radius 3 is 2.88 bits per heavy atom. The monoisotopic (exact) mass is 256 g/mol. The van der Waals surface area contributed by atoms with Gasteiger partial charge in [-0.05, 0) is 42.8 Å². The molecule has 0 aromatic carbocycles. The van der Waals surface area contributed by atoms with Gasteiger partial charge in [0.05, 0.1) is 6.04 Å². The summed E-state index contributed by atoms with van der Waals surface area (Å²) in [7, 11) is 0. The summed E-state index contributed by atoms with van der Waals surface area (Å²) in [5.74, 6) is 2.29. The molecule has 0 radical (unpaired) electrons. The largest absolute Gasteiger partial charge is 0.338 e. The molecule has 0 bridgehead atoms. The van der Waals surface area contributed by atoms with Crippen molar-refractivity contribution in [2.75, 3.05) is 30.0 Å². The molecule has 0 amide bonds. The highest BCUT2D eigenvalue weighted by molar-refractivity contribution is 7.98. The molecule has 0 saturated carbocycles. The third kappa shape index (κ3) is 3.35. The predicted molar refractivity (Wildman–Crippen MR) is 70.3 cm³/mol. The second-order valence-corrected chi connectivity index (χ2v) is 5.35.